The molecule has 1 atom stereocenters. The molecule has 0 aliphatic rings. The van der Waals surface area contributed by atoms with E-state index < -0.39 is 5.54 Å². The number of nitrogens with zero attached hydrogens (tertiary/aromatic N) is 1. The van der Waals surface area contributed by atoms with Gasteiger partial charge >= 0.3 is 0 Å². The minimum atomic E-state index is -0.391. The number of hydrogen-bond donors (Lipinski definition) is 3. The van der Waals surface area contributed by atoms with Crippen LogP contribution in [0, 0.1) is 0 Å². The Hall–Kier alpha value is -0.980. The van der Waals surface area contributed by atoms with Gasteiger partial charge in [0.15, 0.2) is 0 Å². The van der Waals surface area contributed by atoms with E-state index in [1.54, 1.807) is 5.38 Å². The van der Waals surface area contributed by atoms with Gasteiger partial charge in [-0.1, -0.05) is 6.92 Å². The van der Waals surface area contributed by atoms with Crippen LogP contribution in [0.25, 0.3) is 0 Å². The third kappa shape index (κ3) is 3.76. The highest BCUT2D eigenvalue weighted by atomic mass is 32.1. The average molecular weight is 257 g/mol. The lowest BCUT2D eigenvalue weighted by molar-refractivity contribution is 0.0881. The molecule has 17 heavy (non-hydrogen) atoms. The summed E-state index contributed by atoms with van der Waals surface area (Å²) in [5.41, 5.74) is 5.45. The van der Waals surface area contributed by atoms with E-state index in [1.165, 1.54) is 11.3 Å². The molecule has 0 spiro atoms. The number of nitrogens with two attached hydrogens (primary N) is 1. The fourth-order valence-electron chi connectivity index (χ4n) is 1.42. The molecule has 1 amide bonds. The average Bonchev–Trinajstić information content (AvgIpc) is 2.78. The summed E-state index contributed by atoms with van der Waals surface area (Å²) in [4.78, 5) is 16.1. The Morgan fingerprint density at radius 2 is 2.41 bits per heavy atom. The first-order chi connectivity index (χ1) is 8.04. The van der Waals surface area contributed by atoms with Gasteiger partial charge in [0, 0.05) is 24.1 Å². The number of rotatable bonds is 6. The molecule has 1 unspecified atom stereocenters. The maximum Gasteiger partial charge on any atom is 0.271 e. The Balaban J connectivity index is 2.70. The van der Waals surface area contributed by atoms with E-state index in [-0.39, 0.29) is 12.5 Å². The molecule has 1 rings (SSSR count). The summed E-state index contributed by atoms with van der Waals surface area (Å²) in [6.45, 7) is 4.29. The normalized spacial score (nSPS) is 14.4. The minimum Gasteiger partial charge on any atom is -0.396 e. The van der Waals surface area contributed by atoms with Gasteiger partial charge in [-0.25, -0.2) is 4.98 Å². The molecule has 1 aromatic rings. The number of amides is 1. The third-order valence-corrected chi connectivity index (χ3v) is 3.69. The first-order valence-corrected chi connectivity index (χ1v) is 6.50. The van der Waals surface area contributed by atoms with Crippen LogP contribution in [-0.2, 0) is 6.54 Å². The van der Waals surface area contributed by atoms with Crippen molar-refractivity contribution in [2.24, 2.45) is 5.73 Å². The Bertz CT molecular complexity index is 381. The predicted molar refractivity (Wildman–Crippen MR) is 67.9 cm³/mol. The number of aliphatic hydroxyl groups is 1. The van der Waals surface area contributed by atoms with Crippen molar-refractivity contribution in [2.45, 2.75) is 38.8 Å². The number of aromatic nitrogens is 1. The molecule has 1 heterocycles. The lowest BCUT2D eigenvalue weighted by Crippen LogP contribution is -2.46. The SMILES string of the molecule is CCC(C)(CCO)NC(=O)c1csc(CN)n1. The monoisotopic (exact) mass is 257 g/mol. The number of thiazole rings is 1. The van der Waals surface area contributed by atoms with Crippen molar-refractivity contribution in [1.29, 1.82) is 0 Å². The fourth-order valence-corrected chi connectivity index (χ4v) is 2.08. The minimum absolute atomic E-state index is 0.0513. The van der Waals surface area contributed by atoms with Gasteiger partial charge in [0.1, 0.15) is 10.7 Å². The lowest BCUT2D eigenvalue weighted by Gasteiger charge is -2.28. The molecule has 1 aromatic heterocycles. The van der Waals surface area contributed by atoms with Crippen molar-refractivity contribution < 1.29 is 9.90 Å². The van der Waals surface area contributed by atoms with Crippen LogP contribution < -0.4 is 11.1 Å². The standard InChI is InChI=1S/C11H19N3O2S/c1-3-11(2,4-5-15)14-10(16)8-7-17-9(6-12)13-8/h7,15H,3-6,12H2,1-2H3,(H,14,16). The molecule has 6 heteroatoms. The Morgan fingerprint density at radius 3 is 2.88 bits per heavy atom. The highest BCUT2D eigenvalue weighted by Gasteiger charge is 2.25. The molecule has 0 aliphatic carbocycles. The molecule has 0 aliphatic heterocycles. The second-order valence-corrected chi connectivity index (χ2v) is 5.12. The zero-order valence-electron chi connectivity index (χ0n) is 10.2. The van der Waals surface area contributed by atoms with Gasteiger partial charge in [-0.3, -0.25) is 4.79 Å². The predicted octanol–water partition coefficient (Wildman–Crippen LogP) is 0.883. The van der Waals surface area contributed by atoms with E-state index in [0.29, 0.717) is 18.7 Å². The van der Waals surface area contributed by atoms with Crippen LogP contribution in [0.5, 0.6) is 0 Å². The van der Waals surface area contributed by atoms with E-state index in [0.717, 1.165) is 11.4 Å². The molecule has 0 aromatic carbocycles. The van der Waals surface area contributed by atoms with Crippen LogP contribution in [-0.4, -0.2) is 28.1 Å². The van der Waals surface area contributed by atoms with Gasteiger partial charge in [-0.2, -0.15) is 0 Å². The Kier molecular flexibility index (Phi) is 5.04. The van der Waals surface area contributed by atoms with Crippen molar-refractivity contribution in [3.05, 3.63) is 16.1 Å². The number of hydrogen-bond acceptors (Lipinski definition) is 5. The van der Waals surface area contributed by atoms with E-state index in [9.17, 15) is 4.79 Å². The first kappa shape index (κ1) is 14.1. The van der Waals surface area contributed by atoms with Crippen molar-refractivity contribution in [3.8, 4) is 0 Å². The van der Waals surface area contributed by atoms with Gasteiger partial charge in [0.25, 0.3) is 5.91 Å². The number of carbonyl (C=O) groups is 1. The molecule has 4 N–H and O–H groups in total. The zero-order valence-corrected chi connectivity index (χ0v) is 11.0. The molecule has 0 bridgehead atoms. The van der Waals surface area contributed by atoms with Crippen molar-refractivity contribution in [2.75, 3.05) is 6.61 Å². The summed E-state index contributed by atoms with van der Waals surface area (Å²) in [5, 5.41) is 14.3. The van der Waals surface area contributed by atoms with Gasteiger partial charge in [-0.15, -0.1) is 11.3 Å². The first-order valence-electron chi connectivity index (χ1n) is 5.62. The summed E-state index contributed by atoms with van der Waals surface area (Å²) >= 11 is 1.38. The molecule has 96 valence electrons. The third-order valence-electron chi connectivity index (χ3n) is 2.82. The summed E-state index contributed by atoms with van der Waals surface area (Å²) in [7, 11) is 0. The highest BCUT2D eigenvalue weighted by molar-refractivity contribution is 7.09. The molecule has 0 radical (unpaired) electrons. The largest absolute Gasteiger partial charge is 0.396 e. The zero-order chi connectivity index (χ0) is 12.9. The topological polar surface area (TPSA) is 88.2 Å². The highest BCUT2D eigenvalue weighted by Crippen LogP contribution is 2.16. The molecule has 0 saturated heterocycles. The summed E-state index contributed by atoms with van der Waals surface area (Å²) in [6, 6.07) is 0. The van der Waals surface area contributed by atoms with E-state index >= 15 is 0 Å². The van der Waals surface area contributed by atoms with Crippen LogP contribution in [0.2, 0.25) is 0 Å². The Labute approximate surface area is 105 Å². The van der Waals surface area contributed by atoms with Crippen molar-refractivity contribution >= 4 is 17.2 Å². The lowest BCUT2D eigenvalue weighted by atomic mass is 9.95. The summed E-state index contributed by atoms with van der Waals surface area (Å²) < 4.78 is 0. The Morgan fingerprint density at radius 1 is 1.71 bits per heavy atom. The van der Waals surface area contributed by atoms with Crippen molar-refractivity contribution in [1.82, 2.24) is 10.3 Å². The summed E-state index contributed by atoms with van der Waals surface area (Å²) in [5.74, 6) is -0.209. The van der Waals surface area contributed by atoms with Crippen LogP contribution in [0.4, 0.5) is 0 Å². The van der Waals surface area contributed by atoms with Gasteiger partial charge in [-0.05, 0) is 19.8 Å². The van der Waals surface area contributed by atoms with E-state index in [1.807, 2.05) is 13.8 Å². The smallest absolute Gasteiger partial charge is 0.271 e. The molecular formula is C11H19N3O2S. The molecule has 5 nitrogen and oxygen atoms in total. The quantitative estimate of drug-likeness (QED) is 0.706. The number of carbonyl (C=O) groups excluding carboxylic acids is 1. The van der Waals surface area contributed by atoms with Gasteiger partial charge < -0.3 is 16.2 Å². The maximum atomic E-state index is 11.9. The second-order valence-electron chi connectivity index (χ2n) is 4.17. The van der Waals surface area contributed by atoms with Crippen LogP contribution in [0.1, 0.15) is 42.2 Å². The molecule has 0 fully saturated rings. The van der Waals surface area contributed by atoms with Crippen molar-refractivity contribution in [3.63, 3.8) is 0 Å². The fraction of sp³-hybridized carbons (Fsp3) is 0.636. The van der Waals surface area contributed by atoms with Gasteiger partial charge in [0.2, 0.25) is 0 Å². The van der Waals surface area contributed by atoms with Gasteiger partial charge in [0.05, 0.1) is 0 Å². The summed E-state index contributed by atoms with van der Waals surface area (Å²) in [6.07, 6.45) is 1.29. The second kappa shape index (κ2) is 6.09. The van der Waals surface area contributed by atoms with Crippen LogP contribution in [0.15, 0.2) is 5.38 Å². The number of nitrogens with one attached hydrogen (secondary N) is 1. The maximum absolute atomic E-state index is 11.9. The van der Waals surface area contributed by atoms with Crippen LogP contribution >= 0.6 is 11.3 Å². The van der Waals surface area contributed by atoms with E-state index in [4.69, 9.17) is 10.8 Å². The number of aliphatic hydroxyl groups excluding tert-OH is 1. The molecule has 0 saturated carbocycles. The molecular weight excluding hydrogens is 238 g/mol. The van der Waals surface area contributed by atoms with Crippen LogP contribution in [0.3, 0.4) is 0 Å². The van der Waals surface area contributed by atoms with E-state index in [2.05, 4.69) is 10.3 Å².